The maximum absolute atomic E-state index is 12.3. The summed E-state index contributed by atoms with van der Waals surface area (Å²) in [7, 11) is 0. The molecule has 12 fully saturated rings. The Hall–Kier alpha value is -1.31. The smallest absolute Gasteiger partial charge is 0.302 e. The zero-order valence-corrected chi connectivity index (χ0v) is 49.2. The van der Waals surface area contributed by atoms with Gasteiger partial charge in [0.25, 0.3) is 0 Å². The molecule has 0 aliphatic heterocycles. The summed E-state index contributed by atoms with van der Waals surface area (Å²) in [6, 6.07) is 0. The average Bonchev–Trinajstić information content (AvgIpc) is 3.98. The predicted molar refractivity (Wildman–Crippen MR) is 304 cm³/mol. The molecule has 12 saturated carbocycles. The number of hydrogen-bond donors (Lipinski definition) is 0. The van der Waals surface area contributed by atoms with Crippen LogP contribution in [0, 0.1) is 156 Å². The van der Waals surface area contributed by atoms with Gasteiger partial charge < -0.3 is 4.74 Å². The van der Waals surface area contributed by atoms with Crippen LogP contribution in [0.2, 0.25) is 0 Å². The van der Waals surface area contributed by atoms with Crippen LogP contribution in [0.25, 0.3) is 0 Å². The second-order valence-corrected chi connectivity index (χ2v) is 32.4. The first-order valence-corrected chi connectivity index (χ1v) is 32.8. The van der Waals surface area contributed by atoms with E-state index in [0.717, 1.165) is 83.9 Å². The number of allylic oxidation sites excluding steroid dienone is 3. The molecule has 0 aromatic carbocycles. The average molecular weight is 998 g/mol. The number of carbonyl (C=O) groups is 1. The lowest BCUT2D eigenvalue weighted by atomic mass is 9.43. The zero-order valence-electron chi connectivity index (χ0n) is 49.2. The van der Waals surface area contributed by atoms with Gasteiger partial charge in [0.2, 0.25) is 0 Å². The van der Waals surface area contributed by atoms with Crippen LogP contribution < -0.4 is 0 Å². The molecule has 2 nitrogen and oxygen atoms in total. The maximum Gasteiger partial charge on any atom is 0.302 e. The van der Waals surface area contributed by atoms with Gasteiger partial charge in [-0.1, -0.05) is 106 Å². The Morgan fingerprint density at radius 1 is 0.438 bits per heavy atom. The second kappa shape index (κ2) is 18.4. The Bertz CT molecular complexity index is 2120. The van der Waals surface area contributed by atoms with Gasteiger partial charge in [0, 0.05) is 6.92 Å². The number of carbonyl (C=O) groups excluding carboxylic acids is 1. The van der Waals surface area contributed by atoms with Crippen molar-refractivity contribution in [1.29, 1.82) is 0 Å². The van der Waals surface area contributed by atoms with E-state index in [9.17, 15) is 4.79 Å². The van der Waals surface area contributed by atoms with E-state index in [2.05, 4.69) is 80.5 Å². The van der Waals surface area contributed by atoms with Crippen LogP contribution in [0.4, 0.5) is 0 Å². The molecule has 12 aliphatic carbocycles. The topological polar surface area (TPSA) is 26.3 Å². The van der Waals surface area contributed by atoms with Gasteiger partial charge in [-0.05, 0) is 298 Å². The molecule has 0 saturated heterocycles. The van der Waals surface area contributed by atoms with Crippen molar-refractivity contribution in [2.45, 2.75) is 242 Å². The quantitative estimate of drug-likeness (QED) is 0.170. The molecule has 73 heavy (non-hydrogen) atoms. The van der Waals surface area contributed by atoms with Gasteiger partial charge in [-0.3, -0.25) is 4.79 Å². The highest BCUT2D eigenvalue weighted by Crippen LogP contribution is 2.83. The maximum atomic E-state index is 12.3. The molecular formula is C71H112O2. The van der Waals surface area contributed by atoms with Gasteiger partial charge >= 0.3 is 5.97 Å². The summed E-state index contributed by atoms with van der Waals surface area (Å²) in [5, 5.41) is 0. The summed E-state index contributed by atoms with van der Waals surface area (Å²) in [6.07, 6.45) is 45.0. The SMILES string of the molecule is C=C[C@@H](C)[C@H]1C(C2(C3C[C@H]4[C@@H]5CCC6CC(OC(C)=O)CC[C@]6(C)[C@H]5CC[C@]4(C)[C@H]3[C@H](C)C=C)C[C@H]3[C@@H]4CCC5CCCC[C@]5(C)[C@H]4CC[C@]3(C)[C@H]2[C@H](C)C=C)C[C@H]2[C@@H]3CCC4CCCC[C@]4(C)[C@H]3CC[C@]12C. The molecule has 7 unspecified atom stereocenters. The largest absolute Gasteiger partial charge is 0.463 e. The van der Waals surface area contributed by atoms with Gasteiger partial charge in [0.15, 0.2) is 0 Å². The van der Waals surface area contributed by atoms with E-state index in [1.807, 2.05) is 0 Å². The Balaban J connectivity index is 1.02. The number of hydrogen-bond acceptors (Lipinski definition) is 2. The van der Waals surface area contributed by atoms with Crippen LogP contribution in [-0.4, -0.2) is 12.1 Å². The van der Waals surface area contributed by atoms with Crippen molar-refractivity contribution in [2.75, 3.05) is 0 Å². The first kappa shape index (κ1) is 52.4. The number of ether oxygens (including phenoxy) is 1. The van der Waals surface area contributed by atoms with Crippen LogP contribution in [-0.2, 0) is 9.53 Å². The predicted octanol–water partition coefficient (Wildman–Crippen LogP) is 19.2. The molecule has 0 heterocycles. The van der Waals surface area contributed by atoms with E-state index in [4.69, 9.17) is 24.5 Å². The first-order valence-electron chi connectivity index (χ1n) is 32.8. The molecule has 0 radical (unpaired) electrons. The van der Waals surface area contributed by atoms with E-state index >= 15 is 0 Å². The zero-order chi connectivity index (χ0) is 51.4. The molecule has 0 N–H and O–H groups in total. The second-order valence-electron chi connectivity index (χ2n) is 32.4. The van der Waals surface area contributed by atoms with E-state index in [1.165, 1.54) is 154 Å². The Morgan fingerprint density at radius 3 is 1.33 bits per heavy atom. The third-order valence-corrected chi connectivity index (χ3v) is 30.9. The van der Waals surface area contributed by atoms with E-state index in [-0.39, 0.29) is 17.5 Å². The fourth-order valence-corrected chi connectivity index (χ4v) is 28.2. The van der Waals surface area contributed by atoms with Crippen molar-refractivity contribution in [2.24, 2.45) is 156 Å². The summed E-state index contributed by atoms with van der Waals surface area (Å²) in [4.78, 5) is 12.3. The van der Waals surface area contributed by atoms with Gasteiger partial charge in [-0.2, -0.15) is 0 Å². The Kier molecular flexibility index (Phi) is 13.2. The minimum Gasteiger partial charge on any atom is -0.463 e. The van der Waals surface area contributed by atoms with Crippen LogP contribution in [0.3, 0.4) is 0 Å². The van der Waals surface area contributed by atoms with Gasteiger partial charge in [0.1, 0.15) is 6.10 Å². The lowest BCUT2D eigenvalue weighted by Gasteiger charge is -2.61. The fourth-order valence-electron chi connectivity index (χ4n) is 28.2. The Morgan fingerprint density at radius 2 is 0.863 bits per heavy atom. The van der Waals surface area contributed by atoms with Gasteiger partial charge in [-0.25, -0.2) is 0 Å². The highest BCUT2D eigenvalue weighted by molar-refractivity contribution is 5.66. The number of rotatable bonds is 9. The number of esters is 1. The molecule has 28 atom stereocenters. The minimum absolute atomic E-state index is 0.0777. The Labute approximate surface area is 449 Å². The van der Waals surface area contributed by atoms with Crippen LogP contribution in [0.1, 0.15) is 236 Å². The molecule has 408 valence electrons. The molecule has 2 heteroatoms. The van der Waals surface area contributed by atoms with Crippen molar-refractivity contribution >= 4 is 5.97 Å². The summed E-state index contributed by atoms with van der Waals surface area (Å²) in [6.45, 7) is 41.6. The third kappa shape index (κ3) is 7.24. The minimum atomic E-state index is -0.0777. The summed E-state index contributed by atoms with van der Waals surface area (Å²) < 4.78 is 6.01. The molecule has 0 aromatic heterocycles. The van der Waals surface area contributed by atoms with Gasteiger partial charge in [-0.15, -0.1) is 19.7 Å². The highest BCUT2D eigenvalue weighted by atomic mass is 16.5. The normalized spacial score (nSPS) is 57.0. The molecule has 0 spiro atoms. The molecule has 0 bridgehead atoms. The van der Waals surface area contributed by atoms with Crippen molar-refractivity contribution in [3.63, 3.8) is 0 Å². The lowest BCUT2D eigenvalue weighted by molar-refractivity contribution is -0.160. The van der Waals surface area contributed by atoms with Crippen molar-refractivity contribution in [3.8, 4) is 0 Å². The van der Waals surface area contributed by atoms with Crippen LogP contribution in [0.15, 0.2) is 38.0 Å². The first-order chi connectivity index (χ1) is 34.8. The van der Waals surface area contributed by atoms with Crippen molar-refractivity contribution in [1.82, 2.24) is 0 Å². The van der Waals surface area contributed by atoms with Crippen molar-refractivity contribution < 1.29 is 9.53 Å². The summed E-state index contributed by atoms with van der Waals surface area (Å²) >= 11 is 0. The van der Waals surface area contributed by atoms with Crippen molar-refractivity contribution in [3.05, 3.63) is 38.0 Å². The van der Waals surface area contributed by atoms with E-state index in [0.29, 0.717) is 79.8 Å². The molecule has 12 rings (SSSR count). The third-order valence-electron chi connectivity index (χ3n) is 30.9. The number of fused-ring (bicyclic) bond motifs is 15. The van der Waals surface area contributed by atoms with Crippen LogP contribution >= 0.6 is 0 Å². The van der Waals surface area contributed by atoms with Gasteiger partial charge in [0.05, 0.1) is 0 Å². The molecule has 0 aromatic rings. The van der Waals surface area contributed by atoms with E-state index in [1.54, 1.807) is 6.92 Å². The standard InChI is InChI=1S/C71H112O2/c1-14-43(4)62-59(40-57-51-26-23-47-21-17-19-33-65(47,8)54(51)30-36-68(57,62)11)71(42-61-53-27-24-48-22-18-20-34-66(48,9)56(53)32-38-70(61,13)64(71)45(6)16-3)60-41-58-52-28-25-49-39-50(73-46(7)72)29-35-67(49,10)55(52)31-37-69(58,12)63(60)44(5)15-2/h14-16,43-45,47-64H,1-3,17-42H2,4-13H3/t43-,44-,45-,47?,48?,49?,50?,51-,52-,53-,54+,55+,56+,57+,58+,59?,60?,61+,62+,63+,64-,65+,66+,67+,68+,69+,70+,71?/m1/s1. The molecule has 0 amide bonds. The highest BCUT2D eigenvalue weighted by Gasteiger charge is 2.77. The van der Waals surface area contributed by atoms with Crippen LogP contribution in [0.5, 0.6) is 0 Å². The van der Waals surface area contributed by atoms with E-state index < -0.39 is 0 Å². The molecule has 12 aliphatic rings. The molecular weight excluding hydrogens is 885 g/mol. The summed E-state index contributed by atoms with van der Waals surface area (Å²) in [5.74, 6) is 15.3. The monoisotopic (exact) mass is 997 g/mol. The lowest BCUT2D eigenvalue weighted by Crippen LogP contribution is -2.55. The summed E-state index contributed by atoms with van der Waals surface area (Å²) in [5.41, 5.74) is 2.76. The fraction of sp³-hybridized carbons (Fsp3) is 0.901.